The second-order valence-electron chi connectivity index (χ2n) is 6.40. The number of hydrogen-bond donors (Lipinski definition) is 1. The van der Waals surface area contributed by atoms with Crippen molar-refractivity contribution < 1.29 is 23.4 Å². The second-order valence-corrected chi connectivity index (χ2v) is 6.40. The fraction of sp³-hybridized carbons (Fsp3) is 0.211. The molecule has 0 unspecified atom stereocenters. The molecule has 1 atom stereocenters. The van der Waals surface area contributed by atoms with Crippen LogP contribution in [0.2, 0.25) is 0 Å². The van der Waals surface area contributed by atoms with Gasteiger partial charge >= 0.3 is 12.0 Å². The van der Waals surface area contributed by atoms with Gasteiger partial charge in [0.25, 0.3) is 5.56 Å². The maximum Gasteiger partial charge on any atom is 0.483 e. The van der Waals surface area contributed by atoms with Gasteiger partial charge in [-0.1, -0.05) is 18.2 Å². The van der Waals surface area contributed by atoms with E-state index in [4.69, 9.17) is 0 Å². The van der Waals surface area contributed by atoms with Crippen LogP contribution in [-0.2, 0) is 11.3 Å². The number of amides is 1. The molecule has 0 spiro atoms. The number of para-hydroxylation sites is 1. The average molecular weight is 387 g/mol. The maximum atomic E-state index is 14.2. The fourth-order valence-corrected chi connectivity index (χ4v) is 3.14. The number of fused-ring (bicyclic) bond motifs is 2. The zero-order valence-corrected chi connectivity index (χ0v) is 14.7. The van der Waals surface area contributed by atoms with Gasteiger partial charge in [0, 0.05) is 17.8 Å². The molecule has 1 aliphatic heterocycles. The first-order valence-corrected chi connectivity index (χ1v) is 8.45. The van der Waals surface area contributed by atoms with Crippen molar-refractivity contribution in [1.29, 1.82) is 0 Å². The minimum absolute atomic E-state index is 0.0735. The average Bonchev–Trinajstić information content (AvgIpc) is 2.64. The highest BCUT2D eigenvalue weighted by molar-refractivity contribution is 6.01. The van der Waals surface area contributed by atoms with Crippen LogP contribution in [0.25, 0.3) is 5.65 Å². The lowest BCUT2D eigenvalue weighted by atomic mass is 10.1. The largest absolute Gasteiger partial charge is 0.483 e. The summed E-state index contributed by atoms with van der Waals surface area (Å²) in [5.74, 6) is -1.85. The number of alkyl halides is 2. The molecular formula is C19H15F2N3O4. The van der Waals surface area contributed by atoms with Gasteiger partial charge in [-0.3, -0.25) is 18.9 Å². The molecule has 0 aliphatic carbocycles. The number of anilines is 1. The number of aliphatic hydroxyl groups excluding tert-OH is 1. The van der Waals surface area contributed by atoms with Crippen LogP contribution < -0.4 is 15.2 Å². The summed E-state index contributed by atoms with van der Waals surface area (Å²) in [6, 6.07) is 10.5. The molecule has 0 fully saturated rings. The lowest BCUT2D eigenvalue weighted by Crippen LogP contribution is -2.50. The molecule has 4 rings (SSSR count). The molecule has 144 valence electrons. The molecule has 1 amide bonds. The first kappa shape index (κ1) is 18.1. The van der Waals surface area contributed by atoms with Crippen LogP contribution >= 0.6 is 0 Å². The number of carbonyl (C=O) groups is 1. The van der Waals surface area contributed by atoms with Crippen molar-refractivity contribution in [3.63, 3.8) is 0 Å². The Morgan fingerprint density at radius 3 is 2.75 bits per heavy atom. The molecule has 1 aromatic carbocycles. The fourth-order valence-electron chi connectivity index (χ4n) is 3.14. The molecule has 7 nitrogen and oxygen atoms in total. The van der Waals surface area contributed by atoms with Crippen molar-refractivity contribution in [3.05, 3.63) is 70.3 Å². The van der Waals surface area contributed by atoms with Crippen LogP contribution in [0.3, 0.4) is 0 Å². The number of nitrogens with zero attached hydrogens (tertiary/aromatic N) is 3. The lowest BCUT2D eigenvalue weighted by Gasteiger charge is -2.34. The number of rotatable bonds is 3. The van der Waals surface area contributed by atoms with Crippen molar-refractivity contribution in [2.24, 2.45) is 0 Å². The molecule has 1 N–H and O–H groups in total. The number of hydrogen-bond acceptors (Lipinski definition) is 5. The van der Waals surface area contributed by atoms with Crippen molar-refractivity contribution >= 4 is 17.2 Å². The highest BCUT2D eigenvalue weighted by Gasteiger charge is 2.51. The Balaban J connectivity index is 1.83. The summed E-state index contributed by atoms with van der Waals surface area (Å²) in [7, 11) is 0. The minimum Gasteiger partial charge on any atom is -0.423 e. The molecule has 2 aromatic heterocycles. The number of benzene rings is 1. The van der Waals surface area contributed by atoms with Crippen LogP contribution in [0.15, 0.2) is 53.5 Å². The number of aliphatic hydroxyl groups is 1. The van der Waals surface area contributed by atoms with Gasteiger partial charge in [-0.05, 0) is 25.1 Å². The van der Waals surface area contributed by atoms with Crippen LogP contribution in [0.5, 0.6) is 5.75 Å². The molecule has 28 heavy (non-hydrogen) atoms. The van der Waals surface area contributed by atoms with Crippen molar-refractivity contribution in [3.8, 4) is 5.75 Å². The monoisotopic (exact) mass is 387 g/mol. The van der Waals surface area contributed by atoms with Gasteiger partial charge in [-0.2, -0.15) is 8.78 Å². The van der Waals surface area contributed by atoms with E-state index in [9.17, 15) is 23.5 Å². The number of carbonyl (C=O) groups excluding carboxylic acids is 1. The van der Waals surface area contributed by atoms with Crippen molar-refractivity contribution in [2.45, 2.75) is 25.7 Å². The van der Waals surface area contributed by atoms with Crippen molar-refractivity contribution in [1.82, 2.24) is 9.38 Å². The summed E-state index contributed by atoms with van der Waals surface area (Å²) in [6.45, 7) is 1.05. The van der Waals surface area contributed by atoms with Gasteiger partial charge in [0.15, 0.2) is 5.75 Å². The quantitative estimate of drug-likeness (QED) is 0.745. The third-order valence-corrected chi connectivity index (χ3v) is 4.43. The van der Waals surface area contributed by atoms with Crippen molar-refractivity contribution in [2.75, 3.05) is 4.90 Å². The Labute approximate surface area is 157 Å². The van der Waals surface area contributed by atoms with E-state index in [1.54, 1.807) is 18.2 Å². The summed E-state index contributed by atoms with van der Waals surface area (Å²) in [5.41, 5.74) is 0.280. The SMILES string of the molecule is C[C@H](O)c1cccc2c1OC(F)(F)C(=O)N2Cc1cc(=O)n2ccccc2n1. The predicted octanol–water partition coefficient (Wildman–Crippen LogP) is 2.27. The molecule has 0 saturated carbocycles. The Bertz CT molecular complexity index is 1140. The smallest absolute Gasteiger partial charge is 0.423 e. The lowest BCUT2D eigenvalue weighted by molar-refractivity contribution is -0.193. The van der Waals surface area contributed by atoms with E-state index in [2.05, 4.69) is 9.72 Å². The standard InChI is InChI=1S/C19H15F2N3O4/c1-11(25)13-5-4-6-14-17(13)28-19(20,21)18(27)24(14)10-12-9-16(26)23-8-3-2-7-15(23)22-12/h2-9,11,25H,10H2,1H3/t11-/m0/s1. The van der Waals surface area contributed by atoms with Gasteiger partial charge in [-0.15, -0.1) is 0 Å². The second kappa shape index (κ2) is 6.38. The number of ether oxygens (including phenoxy) is 1. The predicted molar refractivity (Wildman–Crippen MR) is 95.3 cm³/mol. The summed E-state index contributed by atoms with van der Waals surface area (Å²) < 4.78 is 34.4. The number of aromatic nitrogens is 2. The van der Waals surface area contributed by atoms with E-state index in [-0.39, 0.29) is 29.2 Å². The van der Waals surface area contributed by atoms with Crippen LogP contribution in [0.4, 0.5) is 14.5 Å². The summed E-state index contributed by atoms with van der Waals surface area (Å²) in [4.78, 5) is 29.7. The highest BCUT2D eigenvalue weighted by atomic mass is 19.3. The Hall–Kier alpha value is -3.33. The molecule has 3 heterocycles. The van der Waals surface area contributed by atoms with Gasteiger partial charge in [0.05, 0.1) is 24.0 Å². The van der Waals surface area contributed by atoms with E-state index in [0.717, 1.165) is 4.90 Å². The molecular weight excluding hydrogens is 372 g/mol. The Morgan fingerprint density at radius 1 is 1.21 bits per heavy atom. The first-order valence-electron chi connectivity index (χ1n) is 8.45. The molecule has 0 radical (unpaired) electrons. The van der Waals surface area contributed by atoms with Gasteiger partial charge < -0.3 is 9.84 Å². The van der Waals surface area contributed by atoms with Crippen LogP contribution in [0, 0.1) is 0 Å². The van der Waals surface area contributed by atoms with E-state index in [1.165, 1.54) is 41.8 Å². The zero-order chi connectivity index (χ0) is 20.1. The number of pyridine rings is 1. The van der Waals surface area contributed by atoms with Gasteiger partial charge in [0.2, 0.25) is 0 Å². The summed E-state index contributed by atoms with van der Waals surface area (Å²) >= 11 is 0. The highest BCUT2D eigenvalue weighted by Crippen LogP contribution is 2.43. The van der Waals surface area contributed by atoms with E-state index in [1.807, 2.05) is 0 Å². The summed E-state index contributed by atoms with van der Waals surface area (Å²) in [6.07, 6.45) is -3.65. The Kier molecular flexibility index (Phi) is 4.11. The van der Waals surface area contributed by atoms with Gasteiger partial charge in [0.1, 0.15) is 5.65 Å². The van der Waals surface area contributed by atoms with E-state index in [0.29, 0.717) is 5.65 Å². The normalized spacial score (nSPS) is 16.6. The zero-order valence-electron chi connectivity index (χ0n) is 14.7. The van der Waals surface area contributed by atoms with Gasteiger partial charge in [-0.25, -0.2) is 4.98 Å². The molecule has 3 aromatic rings. The number of halogens is 2. The van der Waals surface area contributed by atoms with Crippen LogP contribution in [-0.4, -0.2) is 26.5 Å². The van der Waals surface area contributed by atoms with Crippen LogP contribution in [0.1, 0.15) is 24.3 Å². The molecule has 0 saturated heterocycles. The van der Waals surface area contributed by atoms with E-state index < -0.39 is 23.7 Å². The minimum atomic E-state index is -4.11. The first-order chi connectivity index (χ1) is 13.3. The summed E-state index contributed by atoms with van der Waals surface area (Å²) in [5, 5.41) is 9.86. The molecule has 9 heteroatoms. The third kappa shape index (κ3) is 2.89. The topological polar surface area (TPSA) is 84.1 Å². The maximum absolute atomic E-state index is 14.2. The van der Waals surface area contributed by atoms with E-state index >= 15 is 0 Å². The molecule has 0 bridgehead atoms. The molecule has 1 aliphatic rings. The Morgan fingerprint density at radius 2 is 2.00 bits per heavy atom. The third-order valence-electron chi connectivity index (χ3n) is 4.43.